The van der Waals surface area contributed by atoms with E-state index in [1.54, 1.807) is 7.11 Å². The standard InChI is InChI=1S/C40H34N4O3S/c1-46-34-26-24-32(25-27-34)43-37(30-17-9-4-10-18-30)42-44(33-21-13-6-14-22-33)40(43)36(38(45)47-2)35(28-23-29-15-7-3-8-16-29)48-39(40)41-31-19-11-5-12-20-31/h3-22,24-28,36H,23H2,1-2H3/b35-28+,41-39?/t36-,40+/m0/s1. The first kappa shape index (κ1) is 31.0. The van der Waals surface area contributed by atoms with Crippen LogP contribution in [0.4, 0.5) is 17.1 Å². The highest BCUT2D eigenvalue weighted by Gasteiger charge is 2.67. The summed E-state index contributed by atoms with van der Waals surface area (Å²) in [5, 5.41) is 8.04. The minimum atomic E-state index is -1.28. The van der Waals surface area contributed by atoms with Crippen LogP contribution in [0.3, 0.4) is 0 Å². The Kier molecular flexibility index (Phi) is 8.81. The minimum Gasteiger partial charge on any atom is -0.497 e. The number of carbonyl (C=O) groups excluding carboxylic acids is 1. The molecule has 7 rings (SSSR count). The van der Waals surface area contributed by atoms with Gasteiger partial charge in [-0.1, -0.05) is 115 Å². The molecule has 8 heteroatoms. The average Bonchev–Trinajstić information content (AvgIpc) is 3.67. The number of para-hydroxylation sites is 2. The number of thioether (sulfide) groups is 1. The Labute approximate surface area is 284 Å². The van der Waals surface area contributed by atoms with Gasteiger partial charge in [0, 0.05) is 16.2 Å². The summed E-state index contributed by atoms with van der Waals surface area (Å²) < 4.78 is 11.2. The summed E-state index contributed by atoms with van der Waals surface area (Å²) in [4.78, 5) is 22.7. The molecule has 2 atom stereocenters. The van der Waals surface area contributed by atoms with Crippen molar-refractivity contribution < 1.29 is 14.3 Å². The lowest BCUT2D eigenvalue weighted by Crippen LogP contribution is -2.65. The van der Waals surface area contributed by atoms with Gasteiger partial charge in [0.25, 0.3) is 0 Å². The fourth-order valence-corrected chi connectivity index (χ4v) is 7.61. The van der Waals surface area contributed by atoms with Crippen molar-refractivity contribution in [2.75, 3.05) is 24.1 Å². The van der Waals surface area contributed by atoms with Gasteiger partial charge in [-0.15, -0.1) is 0 Å². The number of carbonyl (C=O) groups is 1. The molecule has 0 N–H and O–H groups in total. The van der Waals surface area contributed by atoms with E-state index in [1.807, 2.05) is 138 Å². The van der Waals surface area contributed by atoms with Crippen LogP contribution in [0.2, 0.25) is 0 Å². The Hall–Kier alpha value is -5.60. The highest BCUT2D eigenvalue weighted by Crippen LogP contribution is 2.56. The van der Waals surface area contributed by atoms with Crippen molar-refractivity contribution in [3.63, 3.8) is 0 Å². The first-order valence-corrected chi connectivity index (χ1v) is 16.5. The fourth-order valence-electron chi connectivity index (χ4n) is 6.24. The Morgan fingerprint density at radius 2 is 1.40 bits per heavy atom. The maximum absolute atomic E-state index is 14.4. The molecule has 0 amide bonds. The molecule has 0 bridgehead atoms. The highest BCUT2D eigenvalue weighted by atomic mass is 32.2. The molecular formula is C40H34N4O3S. The summed E-state index contributed by atoms with van der Waals surface area (Å²) in [6, 6.07) is 47.9. The number of benzene rings is 5. The lowest BCUT2D eigenvalue weighted by atomic mass is 9.88. The number of hydrogen-bond acceptors (Lipinski definition) is 8. The van der Waals surface area contributed by atoms with Gasteiger partial charge in [-0.05, 0) is 60.5 Å². The van der Waals surface area contributed by atoms with Gasteiger partial charge in [0.15, 0.2) is 5.84 Å². The van der Waals surface area contributed by atoms with Gasteiger partial charge in [0.1, 0.15) is 16.7 Å². The summed E-state index contributed by atoms with van der Waals surface area (Å²) >= 11 is 1.50. The van der Waals surface area contributed by atoms with E-state index < -0.39 is 11.6 Å². The van der Waals surface area contributed by atoms with Crippen LogP contribution in [-0.2, 0) is 16.0 Å². The lowest BCUT2D eigenvalue weighted by molar-refractivity contribution is -0.144. The molecule has 0 aliphatic carbocycles. The largest absolute Gasteiger partial charge is 0.497 e. The number of ether oxygens (including phenoxy) is 2. The lowest BCUT2D eigenvalue weighted by Gasteiger charge is -2.44. The predicted octanol–water partition coefficient (Wildman–Crippen LogP) is 8.47. The Morgan fingerprint density at radius 1 is 0.792 bits per heavy atom. The van der Waals surface area contributed by atoms with Crippen molar-refractivity contribution in [3.8, 4) is 5.75 Å². The fraction of sp³-hybridized carbons (Fsp3) is 0.125. The number of hydrazone groups is 1. The summed E-state index contributed by atoms with van der Waals surface area (Å²) in [5.74, 6) is 0.177. The summed E-state index contributed by atoms with van der Waals surface area (Å²) in [6.07, 6.45) is 2.76. The first-order chi connectivity index (χ1) is 23.6. The molecule has 0 radical (unpaired) electrons. The van der Waals surface area contributed by atoms with E-state index in [4.69, 9.17) is 19.6 Å². The van der Waals surface area contributed by atoms with Gasteiger partial charge in [0.05, 0.1) is 25.6 Å². The summed E-state index contributed by atoms with van der Waals surface area (Å²) in [6.45, 7) is 0. The van der Waals surface area contributed by atoms with E-state index in [1.165, 1.54) is 18.9 Å². The molecule has 1 saturated heterocycles. The minimum absolute atomic E-state index is 0.385. The molecule has 0 aromatic heterocycles. The van der Waals surface area contributed by atoms with Crippen LogP contribution in [0.25, 0.3) is 0 Å². The van der Waals surface area contributed by atoms with Crippen LogP contribution < -0.4 is 14.6 Å². The smallest absolute Gasteiger partial charge is 0.318 e. The zero-order valence-corrected chi connectivity index (χ0v) is 27.5. The maximum Gasteiger partial charge on any atom is 0.318 e. The number of esters is 1. The Morgan fingerprint density at radius 3 is 2.02 bits per heavy atom. The van der Waals surface area contributed by atoms with E-state index in [0.717, 1.165) is 38.8 Å². The molecule has 48 heavy (non-hydrogen) atoms. The van der Waals surface area contributed by atoms with Gasteiger partial charge in [0.2, 0.25) is 5.66 Å². The highest BCUT2D eigenvalue weighted by molar-refractivity contribution is 8.18. The topological polar surface area (TPSA) is 66.7 Å². The monoisotopic (exact) mass is 650 g/mol. The van der Waals surface area contributed by atoms with Crippen LogP contribution in [0, 0.1) is 5.92 Å². The molecule has 1 spiro atoms. The predicted molar refractivity (Wildman–Crippen MR) is 195 cm³/mol. The maximum atomic E-state index is 14.4. The molecule has 238 valence electrons. The van der Waals surface area contributed by atoms with Gasteiger partial charge in [-0.25, -0.2) is 10.0 Å². The molecule has 5 aromatic rings. The summed E-state index contributed by atoms with van der Waals surface area (Å²) in [5.41, 5.74) is 3.13. The first-order valence-electron chi connectivity index (χ1n) is 15.7. The second-order valence-corrected chi connectivity index (χ2v) is 12.4. The molecule has 2 aliphatic rings. The van der Waals surface area contributed by atoms with E-state index >= 15 is 0 Å². The van der Waals surface area contributed by atoms with Crippen molar-refractivity contribution in [3.05, 3.63) is 168 Å². The Balaban J connectivity index is 1.56. The van der Waals surface area contributed by atoms with Crippen LogP contribution in [0.5, 0.6) is 5.75 Å². The number of rotatable bonds is 8. The second kappa shape index (κ2) is 13.6. The van der Waals surface area contributed by atoms with Gasteiger partial charge in [-0.3, -0.25) is 9.69 Å². The van der Waals surface area contributed by atoms with Crippen molar-refractivity contribution in [1.82, 2.24) is 0 Å². The van der Waals surface area contributed by atoms with E-state index in [0.29, 0.717) is 17.3 Å². The van der Waals surface area contributed by atoms with Crippen LogP contribution in [0.1, 0.15) is 11.1 Å². The van der Waals surface area contributed by atoms with Crippen LogP contribution in [0.15, 0.2) is 167 Å². The quantitative estimate of drug-likeness (QED) is 0.157. The average molecular weight is 651 g/mol. The van der Waals surface area contributed by atoms with Gasteiger partial charge < -0.3 is 9.47 Å². The molecular weight excluding hydrogens is 617 g/mol. The van der Waals surface area contributed by atoms with Crippen LogP contribution in [-0.4, -0.2) is 36.7 Å². The van der Waals surface area contributed by atoms with E-state index in [9.17, 15) is 4.79 Å². The number of hydrogen-bond donors (Lipinski definition) is 0. The number of amidine groups is 1. The van der Waals surface area contributed by atoms with Crippen molar-refractivity contribution in [1.29, 1.82) is 0 Å². The third-order valence-electron chi connectivity index (χ3n) is 8.46. The molecule has 1 fully saturated rings. The van der Waals surface area contributed by atoms with Crippen molar-refractivity contribution in [2.45, 2.75) is 12.1 Å². The number of methoxy groups -OCH3 is 2. The molecule has 5 aromatic carbocycles. The van der Waals surface area contributed by atoms with Crippen LogP contribution >= 0.6 is 11.8 Å². The molecule has 0 unspecified atom stereocenters. The summed E-state index contributed by atoms with van der Waals surface area (Å²) in [7, 11) is 3.09. The number of aliphatic imine (C=N–C) groups is 1. The SMILES string of the molecule is COC(=O)[C@@H]1/C(=C\Cc2ccccc2)SC(=Nc2ccccc2)[C@]12N(c1ccccc1)N=C(c1ccccc1)N2c1ccc(OC)cc1. The van der Waals surface area contributed by atoms with Gasteiger partial charge in [-0.2, -0.15) is 5.10 Å². The van der Waals surface area contributed by atoms with Gasteiger partial charge >= 0.3 is 5.97 Å². The molecule has 0 saturated carbocycles. The van der Waals surface area contributed by atoms with E-state index in [2.05, 4.69) is 23.1 Å². The number of allylic oxidation sites excluding steroid dienone is 1. The molecule has 7 nitrogen and oxygen atoms in total. The van der Waals surface area contributed by atoms with Crippen molar-refractivity contribution >= 4 is 45.7 Å². The Bertz CT molecular complexity index is 1970. The third-order valence-corrected chi connectivity index (χ3v) is 9.68. The van der Waals surface area contributed by atoms with E-state index in [-0.39, 0.29) is 5.97 Å². The third kappa shape index (κ3) is 5.65. The second-order valence-electron chi connectivity index (χ2n) is 11.3. The molecule has 2 aliphatic heterocycles. The zero-order chi connectivity index (χ0) is 32.9. The molecule has 2 heterocycles. The van der Waals surface area contributed by atoms with Crippen molar-refractivity contribution in [2.24, 2.45) is 16.0 Å². The number of anilines is 2. The zero-order valence-electron chi connectivity index (χ0n) is 26.6. The normalized spacial score (nSPS) is 20.4. The number of nitrogens with zero attached hydrogens (tertiary/aromatic N) is 4.